The summed E-state index contributed by atoms with van der Waals surface area (Å²) in [6.45, 7) is -0.100. The third-order valence-electron chi connectivity index (χ3n) is 3.59. The lowest BCUT2D eigenvalue weighted by Crippen LogP contribution is -2.34. The molecule has 1 N–H and O–H groups in total. The van der Waals surface area contributed by atoms with Gasteiger partial charge in [-0.25, -0.2) is 4.39 Å². The van der Waals surface area contributed by atoms with Gasteiger partial charge in [-0.2, -0.15) is 0 Å². The summed E-state index contributed by atoms with van der Waals surface area (Å²) < 4.78 is 15.2. The number of carbonyl (C=O) groups is 2. The fraction of sp³-hybridized carbons (Fsp3) is 0.111. The number of likely N-dealkylation sites (N-methyl/N-ethyl adjacent to an activating group) is 1. The van der Waals surface area contributed by atoms with E-state index in [2.05, 4.69) is 21.2 Å². The summed E-state index contributed by atoms with van der Waals surface area (Å²) in [6.07, 6.45) is 0. The highest BCUT2D eigenvalue weighted by atomic mass is 79.9. The van der Waals surface area contributed by atoms with E-state index < -0.39 is 0 Å². The maximum absolute atomic E-state index is 13.8. The molecule has 0 aliphatic carbocycles. The third-order valence-corrected chi connectivity index (χ3v) is 5.37. The van der Waals surface area contributed by atoms with Crippen molar-refractivity contribution in [1.29, 1.82) is 0 Å². The van der Waals surface area contributed by atoms with Gasteiger partial charge in [0.1, 0.15) is 5.82 Å². The Hall–Kier alpha value is -2.25. The minimum Gasteiger partial charge on any atom is -0.332 e. The Morgan fingerprint density at radius 2 is 1.96 bits per heavy atom. The van der Waals surface area contributed by atoms with Crippen LogP contribution in [0.1, 0.15) is 9.67 Å². The number of amides is 2. The fourth-order valence-electron chi connectivity index (χ4n) is 2.36. The first-order valence-corrected chi connectivity index (χ1v) is 9.04. The molecule has 2 amide bonds. The van der Waals surface area contributed by atoms with Crippen LogP contribution in [0.4, 0.5) is 10.1 Å². The van der Waals surface area contributed by atoms with Crippen LogP contribution >= 0.6 is 27.3 Å². The Bertz CT molecular complexity index is 957. The summed E-state index contributed by atoms with van der Waals surface area (Å²) in [6, 6.07) is 13.5. The lowest BCUT2D eigenvalue weighted by atomic mass is 10.2. The van der Waals surface area contributed by atoms with E-state index in [1.165, 1.54) is 28.4 Å². The van der Waals surface area contributed by atoms with Gasteiger partial charge in [0.05, 0.1) is 17.1 Å². The topological polar surface area (TPSA) is 49.4 Å². The quantitative estimate of drug-likeness (QED) is 0.674. The van der Waals surface area contributed by atoms with Crippen molar-refractivity contribution in [3.05, 3.63) is 63.7 Å². The van der Waals surface area contributed by atoms with Crippen molar-refractivity contribution in [3.8, 4) is 0 Å². The number of fused-ring (bicyclic) bond motifs is 1. The summed E-state index contributed by atoms with van der Waals surface area (Å²) in [5, 5.41) is 3.17. The van der Waals surface area contributed by atoms with Crippen LogP contribution in [0.15, 0.2) is 53.0 Å². The van der Waals surface area contributed by atoms with Gasteiger partial charge in [-0.05, 0) is 46.3 Å². The van der Waals surface area contributed by atoms with Crippen LogP contribution in [0, 0.1) is 5.82 Å². The Balaban J connectivity index is 1.70. The van der Waals surface area contributed by atoms with Gasteiger partial charge < -0.3 is 10.2 Å². The molecule has 0 atom stereocenters. The lowest BCUT2D eigenvalue weighted by molar-refractivity contribution is -0.116. The van der Waals surface area contributed by atoms with Crippen molar-refractivity contribution < 1.29 is 14.0 Å². The standard InChI is InChI=1S/C18H14BrFN2O2S/c1-22(10-17(23)21-14-7-3-2-5-12(14)19)18(24)16-9-11-13(20)6-4-8-15(11)25-16/h2-9H,10H2,1H3,(H,21,23). The van der Waals surface area contributed by atoms with E-state index in [0.717, 1.165) is 4.47 Å². The molecule has 0 radical (unpaired) electrons. The van der Waals surface area contributed by atoms with E-state index >= 15 is 0 Å². The number of thiophene rings is 1. The fourth-order valence-corrected chi connectivity index (χ4v) is 3.81. The average Bonchev–Trinajstić information content (AvgIpc) is 3.02. The molecule has 3 aromatic rings. The smallest absolute Gasteiger partial charge is 0.264 e. The monoisotopic (exact) mass is 420 g/mol. The zero-order chi connectivity index (χ0) is 18.0. The van der Waals surface area contributed by atoms with Crippen molar-refractivity contribution in [2.45, 2.75) is 0 Å². The second-order valence-electron chi connectivity index (χ2n) is 5.45. The molecule has 0 unspecified atom stereocenters. The number of rotatable bonds is 4. The van der Waals surface area contributed by atoms with Crippen molar-refractivity contribution in [1.82, 2.24) is 4.90 Å². The highest BCUT2D eigenvalue weighted by molar-refractivity contribution is 9.10. The zero-order valence-corrected chi connectivity index (χ0v) is 15.7. The molecule has 7 heteroatoms. The highest BCUT2D eigenvalue weighted by Crippen LogP contribution is 2.28. The molecule has 25 heavy (non-hydrogen) atoms. The summed E-state index contributed by atoms with van der Waals surface area (Å²) in [5.41, 5.74) is 0.636. The van der Waals surface area contributed by atoms with Crippen molar-refractivity contribution in [3.63, 3.8) is 0 Å². The van der Waals surface area contributed by atoms with Crippen molar-refractivity contribution in [2.75, 3.05) is 18.9 Å². The van der Waals surface area contributed by atoms with E-state index in [-0.39, 0.29) is 24.2 Å². The number of carbonyl (C=O) groups excluding carboxylic acids is 2. The number of halogens is 2. The van der Waals surface area contributed by atoms with Gasteiger partial charge in [0, 0.05) is 21.6 Å². The highest BCUT2D eigenvalue weighted by Gasteiger charge is 2.18. The number of nitrogens with zero attached hydrogens (tertiary/aromatic N) is 1. The number of hydrogen-bond acceptors (Lipinski definition) is 3. The Labute approximate surface area is 156 Å². The Kier molecular flexibility index (Phi) is 5.15. The van der Waals surface area contributed by atoms with Crippen molar-refractivity contribution >= 4 is 54.9 Å². The number of nitrogens with one attached hydrogen (secondary N) is 1. The van der Waals surface area contributed by atoms with Gasteiger partial charge >= 0.3 is 0 Å². The maximum atomic E-state index is 13.8. The predicted octanol–water partition coefficient (Wildman–Crippen LogP) is 4.51. The van der Waals surface area contributed by atoms with Gasteiger partial charge in [-0.1, -0.05) is 18.2 Å². The molecule has 128 valence electrons. The van der Waals surface area contributed by atoms with E-state index in [1.54, 1.807) is 31.3 Å². The Morgan fingerprint density at radius 1 is 1.20 bits per heavy atom. The normalized spacial score (nSPS) is 10.7. The second kappa shape index (κ2) is 7.33. The molecular formula is C18H14BrFN2O2S. The molecule has 0 spiro atoms. The van der Waals surface area contributed by atoms with Crippen LogP contribution in [-0.4, -0.2) is 30.3 Å². The number of hydrogen-bond donors (Lipinski definition) is 1. The van der Waals surface area contributed by atoms with Crippen molar-refractivity contribution in [2.24, 2.45) is 0 Å². The summed E-state index contributed by atoms with van der Waals surface area (Å²) >= 11 is 4.56. The maximum Gasteiger partial charge on any atom is 0.264 e. The minimum absolute atomic E-state index is 0.100. The minimum atomic E-state index is -0.359. The van der Waals surface area contributed by atoms with Gasteiger partial charge in [0.15, 0.2) is 0 Å². The van der Waals surface area contributed by atoms with Crippen LogP contribution < -0.4 is 5.32 Å². The first-order valence-electron chi connectivity index (χ1n) is 7.43. The second-order valence-corrected chi connectivity index (χ2v) is 7.39. The molecular weight excluding hydrogens is 407 g/mol. The third kappa shape index (κ3) is 3.88. The largest absolute Gasteiger partial charge is 0.332 e. The SMILES string of the molecule is CN(CC(=O)Nc1ccccc1Br)C(=O)c1cc2c(F)cccc2s1. The molecule has 0 aliphatic rings. The van der Waals surface area contributed by atoms with Crippen LogP contribution in [0.2, 0.25) is 0 Å². The van der Waals surface area contributed by atoms with Crippen LogP contribution in [0.3, 0.4) is 0 Å². The summed E-state index contributed by atoms with van der Waals surface area (Å²) in [5.74, 6) is -0.986. The summed E-state index contributed by atoms with van der Waals surface area (Å²) in [4.78, 5) is 26.4. The van der Waals surface area contributed by atoms with Crippen LogP contribution in [-0.2, 0) is 4.79 Å². The number of para-hydroxylation sites is 1. The van der Waals surface area contributed by atoms with Crippen LogP contribution in [0.5, 0.6) is 0 Å². The Morgan fingerprint density at radius 3 is 2.68 bits per heavy atom. The molecule has 1 aromatic heterocycles. The average molecular weight is 421 g/mol. The molecule has 2 aromatic carbocycles. The first kappa shape index (κ1) is 17.6. The van der Waals surface area contributed by atoms with E-state index in [4.69, 9.17) is 0 Å². The van der Waals surface area contributed by atoms with E-state index in [1.807, 2.05) is 12.1 Å². The van der Waals surface area contributed by atoms with Crippen LogP contribution in [0.25, 0.3) is 10.1 Å². The molecule has 3 rings (SSSR count). The number of benzene rings is 2. The predicted molar refractivity (Wildman–Crippen MR) is 102 cm³/mol. The number of anilines is 1. The van der Waals surface area contributed by atoms with E-state index in [9.17, 15) is 14.0 Å². The van der Waals surface area contributed by atoms with E-state index in [0.29, 0.717) is 20.7 Å². The molecule has 0 saturated heterocycles. The van der Waals surface area contributed by atoms with Gasteiger partial charge in [-0.3, -0.25) is 9.59 Å². The van der Waals surface area contributed by atoms with Gasteiger partial charge in [-0.15, -0.1) is 11.3 Å². The van der Waals surface area contributed by atoms with Gasteiger partial charge in [0.25, 0.3) is 5.91 Å². The molecule has 0 aliphatic heterocycles. The molecule has 4 nitrogen and oxygen atoms in total. The summed E-state index contributed by atoms with van der Waals surface area (Å²) in [7, 11) is 1.54. The molecule has 0 fully saturated rings. The molecule has 0 saturated carbocycles. The first-order chi connectivity index (χ1) is 12.0. The van der Waals surface area contributed by atoms with Gasteiger partial charge in [0.2, 0.25) is 5.91 Å². The zero-order valence-electron chi connectivity index (χ0n) is 13.3. The lowest BCUT2D eigenvalue weighted by Gasteiger charge is -2.16. The molecule has 0 bridgehead atoms. The molecule has 1 heterocycles.